The first kappa shape index (κ1) is 21.0. The number of carbonyl (C=O) groups is 1. The van der Waals surface area contributed by atoms with Crippen LogP contribution in [0.15, 0.2) is 48.5 Å². The average Bonchev–Trinajstić information content (AvgIpc) is 3.17. The Kier molecular flexibility index (Phi) is 6.77. The van der Waals surface area contributed by atoms with Crippen LogP contribution in [0.4, 0.5) is 0 Å². The molecule has 6 heteroatoms. The maximum absolute atomic E-state index is 12.5. The third-order valence-corrected chi connectivity index (χ3v) is 7.12. The van der Waals surface area contributed by atoms with E-state index in [0.717, 1.165) is 44.7 Å². The molecule has 2 heterocycles. The Morgan fingerprint density at radius 2 is 1.77 bits per heavy atom. The van der Waals surface area contributed by atoms with Crippen molar-refractivity contribution in [2.75, 3.05) is 32.7 Å². The van der Waals surface area contributed by atoms with Gasteiger partial charge in [-0.2, -0.15) is 0 Å². The molecule has 0 saturated carbocycles. The summed E-state index contributed by atoms with van der Waals surface area (Å²) in [6.45, 7) is 10.0. The van der Waals surface area contributed by atoms with Gasteiger partial charge in [-0.25, -0.2) is 4.98 Å². The quantitative estimate of drug-likeness (QED) is 0.531. The van der Waals surface area contributed by atoms with Gasteiger partial charge in [-0.15, -0.1) is 11.3 Å². The number of nitrogens with one attached hydrogen (secondary N) is 3. The Bertz CT molecular complexity index is 943. The highest BCUT2D eigenvalue weighted by atomic mass is 32.1. The number of nitrogens with zero attached hydrogens (tertiary/aromatic N) is 1. The molecule has 1 saturated heterocycles. The molecule has 3 N–H and O–H groups in total. The van der Waals surface area contributed by atoms with Gasteiger partial charge in [-0.1, -0.05) is 43.3 Å². The SMILES string of the molecule is CCc1ccc([C@@H](C)NC(=O)C[NH+]2CC[NH+](Cc3nc4ccccc4s3)CC2)cc1. The Labute approximate surface area is 182 Å². The molecule has 5 nitrogen and oxygen atoms in total. The highest BCUT2D eigenvalue weighted by molar-refractivity contribution is 7.18. The van der Waals surface area contributed by atoms with Gasteiger partial charge in [0.2, 0.25) is 0 Å². The van der Waals surface area contributed by atoms with Crippen molar-refractivity contribution >= 4 is 27.5 Å². The second-order valence-corrected chi connectivity index (χ2v) is 9.43. The summed E-state index contributed by atoms with van der Waals surface area (Å²) < 4.78 is 1.27. The number of piperazine rings is 1. The molecule has 1 amide bonds. The summed E-state index contributed by atoms with van der Waals surface area (Å²) in [5, 5.41) is 4.39. The van der Waals surface area contributed by atoms with Gasteiger partial charge >= 0.3 is 0 Å². The predicted octanol–water partition coefficient (Wildman–Crippen LogP) is 1.02. The van der Waals surface area contributed by atoms with Crippen LogP contribution in [0.2, 0.25) is 0 Å². The lowest BCUT2D eigenvalue weighted by Crippen LogP contribution is -3.28. The number of hydrogen-bond acceptors (Lipinski definition) is 3. The van der Waals surface area contributed by atoms with E-state index in [-0.39, 0.29) is 11.9 Å². The Balaban J connectivity index is 1.22. The number of thiazole rings is 1. The van der Waals surface area contributed by atoms with Crippen LogP contribution in [0.25, 0.3) is 10.2 Å². The van der Waals surface area contributed by atoms with Crippen LogP contribution in [0.5, 0.6) is 0 Å². The summed E-state index contributed by atoms with van der Waals surface area (Å²) >= 11 is 1.81. The Hall–Kier alpha value is -2.28. The molecule has 1 aliphatic heterocycles. The standard InChI is InChI=1S/C24H30N4OS/c1-3-19-8-10-20(11-9-19)18(2)25-23(29)16-27-12-14-28(15-13-27)17-24-26-21-6-4-5-7-22(21)30-24/h4-11,18H,3,12-17H2,1-2H3,(H,25,29)/p+2/t18-/m1/s1. The number of fused-ring (bicyclic) bond motifs is 1. The lowest BCUT2D eigenvalue weighted by Gasteiger charge is -2.29. The van der Waals surface area contributed by atoms with E-state index in [1.165, 1.54) is 25.7 Å². The lowest BCUT2D eigenvalue weighted by atomic mass is 10.1. The molecule has 1 atom stereocenters. The fourth-order valence-electron chi connectivity index (χ4n) is 4.16. The first-order valence-corrected chi connectivity index (χ1v) is 11.8. The molecule has 0 unspecified atom stereocenters. The van der Waals surface area contributed by atoms with E-state index < -0.39 is 0 Å². The van der Waals surface area contributed by atoms with E-state index in [4.69, 9.17) is 4.98 Å². The molecule has 1 aromatic heterocycles. The third-order valence-electron chi connectivity index (χ3n) is 6.08. The Morgan fingerprint density at radius 1 is 1.07 bits per heavy atom. The number of hydrogen-bond donors (Lipinski definition) is 3. The van der Waals surface area contributed by atoms with Crippen LogP contribution >= 0.6 is 11.3 Å². The number of aromatic nitrogens is 1. The fourth-order valence-corrected chi connectivity index (χ4v) is 5.20. The van der Waals surface area contributed by atoms with Gasteiger partial charge < -0.3 is 15.1 Å². The number of para-hydroxylation sites is 1. The molecule has 0 bridgehead atoms. The highest BCUT2D eigenvalue weighted by Gasteiger charge is 2.26. The second kappa shape index (κ2) is 9.69. The topological polar surface area (TPSA) is 50.9 Å². The van der Waals surface area contributed by atoms with Crippen molar-refractivity contribution in [2.24, 2.45) is 0 Å². The number of amides is 1. The van der Waals surface area contributed by atoms with E-state index >= 15 is 0 Å². The minimum absolute atomic E-state index is 0.0498. The molecule has 0 radical (unpaired) electrons. The average molecular weight is 425 g/mol. The summed E-state index contributed by atoms with van der Waals surface area (Å²) in [5.41, 5.74) is 3.60. The van der Waals surface area contributed by atoms with Crippen LogP contribution in [0.3, 0.4) is 0 Å². The van der Waals surface area contributed by atoms with E-state index in [0.29, 0.717) is 6.54 Å². The van der Waals surface area contributed by atoms with Gasteiger partial charge in [0.1, 0.15) is 37.7 Å². The monoisotopic (exact) mass is 424 g/mol. The first-order chi connectivity index (χ1) is 14.6. The van der Waals surface area contributed by atoms with E-state index in [9.17, 15) is 4.79 Å². The highest BCUT2D eigenvalue weighted by Crippen LogP contribution is 2.20. The molecule has 0 spiro atoms. The zero-order valence-electron chi connectivity index (χ0n) is 17.9. The molecule has 3 aromatic rings. The maximum Gasteiger partial charge on any atom is 0.275 e. The molecule has 1 aliphatic rings. The third kappa shape index (κ3) is 5.25. The van der Waals surface area contributed by atoms with Crippen LogP contribution in [0, 0.1) is 0 Å². The zero-order valence-corrected chi connectivity index (χ0v) is 18.7. The molecule has 1 fully saturated rings. The minimum Gasteiger partial charge on any atom is -0.345 e. The molecular formula is C24H32N4OS+2. The van der Waals surface area contributed by atoms with Crippen molar-refractivity contribution in [1.82, 2.24) is 10.3 Å². The Morgan fingerprint density at radius 3 is 2.47 bits per heavy atom. The zero-order chi connectivity index (χ0) is 20.9. The van der Waals surface area contributed by atoms with Gasteiger partial charge in [0.25, 0.3) is 5.91 Å². The van der Waals surface area contributed by atoms with Gasteiger partial charge in [0, 0.05) is 0 Å². The summed E-state index contributed by atoms with van der Waals surface area (Å²) in [6.07, 6.45) is 1.04. The number of carbonyl (C=O) groups excluding carboxylic acids is 1. The van der Waals surface area contributed by atoms with Gasteiger partial charge in [0.05, 0.1) is 16.3 Å². The minimum atomic E-state index is 0.0498. The van der Waals surface area contributed by atoms with E-state index in [2.05, 4.69) is 61.6 Å². The molecule has 0 aliphatic carbocycles. The van der Waals surface area contributed by atoms with Crippen molar-refractivity contribution < 1.29 is 14.6 Å². The van der Waals surface area contributed by atoms with Crippen molar-refractivity contribution in [3.05, 3.63) is 64.7 Å². The molecule has 2 aromatic carbocycles. The summed E-state index contributed by atoms with van der Waals surface area (Å²) in [4.78, 5) is 20.3. The fraction of sp³-hybridized carbons (Fsp3) is 0.417. The van der Waals surface area contributed by atoms with Crippen molar-refractivity contribution in [3.8, 4) is 0 Å². The van der Waals surface area contributed by atoms with Crippen molar-refractivity contribution in [3.63, 3.8) is 0 Å². The molecule has 158 valence electrons. The maximum atomic E-state index is 12.5. The van der Waals surface area contributed by atoms with Crippen molar-refractivity contribution in [2.45, 2.75) is 32.9 Å². The number of quaternary nitrogens is 2. The summed E-state index contributed by atoms with van der Waals surface area (Å²) in [7, 11) is 0. The smallest absolute Gasteiger partial charge is 0.275 e. The summed E-state index contributed by atoms with van der Waals surface area (Å²) in [5.74, 6) is 0.145. The normalized spacial score (nSPS) is 20.2. The second-order valence-electron chi connectivity index (χ2n) is 8.31. The number of aryl methyl sites for hydroxylation is 1. The predicted molar refractivity (Wildman–Crippen MR) is 122 cm³/mol. The number of benzene rings is 2. The van der Waals surface area contributed by atoms with Crippen molar-refractivity contribution in [1.29, 1.82) is 0 Å². The van der Waals surface area contributed by atoms with Crippen LogP contribution in [-0.4, -0.2) is 43.6 Å². The van der Waals surface area contributed by atoms with Gasteiger partial charge in [-0.05, 0) is 36.6 Å². The van der Waals surface area contributed by atoms with Gasteiger partial charge in [-0.3, -0.25) is 4.79 Å². The largest absolute Gasteiger partial charge is 0.345 e. The first-order valence-electron chi connectivity index (χ1n) is 11.0. The molecule has 30 heavy (non-hydrogen) atoms. The van der Waals surface area contributed by atoms with Gasteiger partial charge in [0.15, 0.2) is 6.54 Å². The lowest BCUT2D eigenvalue weighted by molar-refractivity contribution is -1.02. The molecule has 4 rings (SSSR count). The number of rotatable bonds is 7. The van der Waals surface area contributed by atoms with E-state index in [1.54, 1.807) is 16.2 Å². The molecular weight excluding hydrogens is 392 g/mol. The van der Waals surface area contributed by atoms with Crippen LogP contribution < -0.4 is 15.1 Å². The summed E-state index contributed by atoms with van der Waals surface area (Å²) in [6, 6.07) is 17.0. The van der Waals surface area contributed by atoms with E-state index in [1.807, 2.05) is 6.07 Å². The van der Waals surface area contributed by atoms with Crippen LogP contribution in [0.1, 0.15) is 36.0 Å². The van der Waals surface area contributed by atoms with Crippen LogP contribution in [-0.2, 0) is 17.8 Å².